The maximum atomic E-state index is 3.64. The Morgan fingerprint density at radius 1 is 0.500 bits per heavy atom. The van der Waals surface area contributed by atoms with E-state index in [1.54, 1.807) is 0 Å². The Kier molecular flexibility index (Phi) is 57.1. The number of hydrogen-bond acceptors (Lipinski definition) is 0. The minimum atomic E-state index is 0. The molecule has 0 N–H and O–H groups in total. The van der Waals surface area contributed by atoms with Crippen LogP contribution in [0.15, 0.2) is 0 Å². The minimum absolute atomic E-state index is 0. The Morgan fingerprint density at radius 2 is 0.667 bits per heavy atom. The van der Waals surface area contributed by atoms with Gasteiger partial charge in [0.2, 0.25) is 0 Å². The van der Waals surface area contributed by atoms with Crippen LogP contribution in [0.1, 0.15) is 38.5 Å². The molecule has 0 saturated heterocycles. The van der Waals surface area contributed by atoms with E-state index in [-0.39, 0.29) is 39.0 Å². The van der Waals surface area contributed by atoms with Crippen LogP contribution in [0.2, 0.25) is 0 Å². The zero-order valence-corrected chi connectivity index (χ0v) is 14.4. The van der Waals surface area contributed by atoms with E-state index < -0.39 is 0 Å². The average Bonchev–Trinajstić information content (AvgIpc) is 1.93. The van der Waals surface area contributed by atoms with Gasteiger partial charge in [-0.3, -0.25) is 0 Å². The normalized spacial score (nSPS) is 7.00. The molecule has 0 rings (SSSR count). The molecule has 2 heteroatoms. The zero-order chi connectivity index (χ0) is 8.24. The fourth-order valence-corrected chi connectivity index (χ4v) is 0.354. The molecule has 0 radical (unpaired) electrons. The van der Waals surface area contributed by atoms with Gasteiger partial charge in [0.25, 0.3) is 0 Å². The molecule has 64 valence electrons. The molecule has 0 atom stereocenters. The Morgan fingerprint density at radius 3 is 0.667 bits per heavy atom. The monoisotopic (exact) mass is 268 g/mol. The third kappa shape index (κ3) is 42.9. The Bertz CT molecular complexity index is 28.8. The van der Waals surface area contributed by atoms with E-state index >= 15 is 0 Å². The van der Waals surface area contributed by atoms with E-state index in [0.717, 1.165) is 25.7 Å². The summed E-state index contributed by atoms with van der Waals surface area (Å²) in [6.07, 6.45) is 6.46. The predicted octanol–water partition coefficient (Wildman–Crippen LogP) is 3.64. The van der Waals surface area contributed by atoms with Gasteiger partial charge in [-0.05, 0) is 0 Å². The Labute approximate surface area is 105 Å². The SMILES string of the molecule is [CH2-]CCC[CH2-].[CH2-]CCC[CH2-].[Zn+2].[Zn+2]. The fraction of sp³-hybridized carbons (Fsp3) is 0.600. The first-order valence-electron chi connectivity index (χ1n) is 4.00. The summed E-state index contributed by atoms with van der Waals surface area (Å²) in [5.74, 6) is 0. The van der Waals surface area contributed by atoms with Crippen molar-refractivity contribution >= 4 is 0 Å². The number of unbranched alkanes of at least 4 members (excludes halogenated alkanes) is 4. The van der Waals surface area contributed by atoms with E-state index in [1.807, 2.05) is 0 Å². The molecule has 0 aromatic carbocycles. The molecular formula is C10H20Zn2. The maximum Gasteiger partial charge on any atom is 2.00 e. The smallest absolute Gasteiger partial charge is 0.343 e. The Hall–Kier alpha value is 1.25. The van der Waals surface area contributed by atoms with Crippen molar-refractivity contribution in [2.24, 2.45) is 0 Å². The van der Waals surface area contributed by atoms with E-state index in [0.29, 0.717) is 0 Å². The summed E-state index contributed by atoms with van der Waals surface area (Å²) in [6, 6.07) is 0. The molecule has 0 amide bonds. The van der Waals surface area contributed by atoms with Crippen molar-refractivity contribution in [1.29, 1.82) is 0 Å². The quantitative estimate of drug-likeness (QED) is 0.541. The van der Waals surface area contributed by atoms with Gasteiger partial charge < -0.3 is 27.7 Å². The molecular weight excluding hydrogens is 251 g/mol. The van der Waals surface area contributed by atoms with Crippen molar-refractivity contribution < 1.29 is 39.0 Å². The van der Waals surface area contributed by atoms with Crippen LogP contribution >= 0.6 is 0 Å². The molecule has 0 spiro atoms. The first kappa shape index (κ1) is 23.2. The summed E-state index contributed by atoms with van der Waals surface area (Å²) in [6.45, 7) is 14.5. The van der Waals surface area contributed by atoms with Gasteiger partial charge in [-0.25, -0.2) is 0 Å². The van der Waals surface area contributed by atoms with Gasteiger partial charge >= 0.3 is 39.0 Å². The molecule has 0 aliphatic carbocycles. The van der Waals surface area contributed by atoms with Crippen LogP contribution in [-0.2, 0) is 39.0 Å². The molecule has 12 heavy (non-hydrogen) atoms. The summed E-state index contributed by atoms with van der Waals surface area (Å²) in [5.41, 5.74) is 0. The molecule has 0 aliphatic heterocycles. The number of rotatable bonds is 4. The summed E-state index contributed by atoms with van der Waals surface area (Å²) in [4.78, 5) is 0. The molecule has 0 aliphatic rings. The summed E-state index contributed by atoms with van der Waals surface area (Å²) in [5, 5.41) is 0. The van der Waals surface area contributed by atoms with Crippen LogP contribution in [0, 0.1) is 27.7 Å². The van der Waals surface area contributed by atoms with E-state index in [2.05, 4.69) is 27.7 Å². The topological polar surface area (TPSA) is 0 Å². The fourth-order valence-electron chi connectivity index (χ4n) is 0.354. The van der Waals surface area contributed by atoms with Crippen LogP contribution in [0.4, 0.5) is 0 Å². The average molecular weight is 271 g/mol. The second kappa shape index (κ2) is 29.5. The minimum Gasteiger partial charge on any atom is -0.343 e. The largest absolute Gasteiger partial charge is 2.00 e. The molecule has 0 saturated carbocycles. The van der Waals surface area contributed by atoms with Gasteiger partial charge in [0.1, 0.15) is 0 Å². The van der Waals surface area contributed by atoms with Crippen molar-refractivity contribution in [1.82, 2.24) is 0 Å². The Balaban J connectivity index is -0.0000000457. The first-order chi connectivity index (χ1) is 4.83. The third-order valence-electron chi connectivity index (χ3n) is 1.000. The van der Waals surface area contributed by atoms with Gasteiger partial charge in [-0.1, -0.05) is 0 Å². The van der Waals surface area contributed by atoms with Gasteiger partial charge in [0.05, 0.1) is 0 Å². The van der Waals surface area contributed by atoms with Crippen LogP contribution in [0.3, 0.4) is 0 Å². The van der Waals surface area contributed by atoms with Gasteiger partial charge in [0, 0.05) is 0 Å². The summed E-state index contributed by atoms with van der Waals surface area (Å²) >= 11 is 0. The summed E-state index contributed by atoms with van der Waals surface area (Å²) in [7, 11) is 0. The van der Waals surface area contributed by atoms with Crippen molar-refractivity contribution in [3.05, 3.63) is 27.7 Å². The van der Waals surface area contributed by atoms with E-state index in [9.17, 15) is 0 Å². The van der Waals surface area contributed by atoms with Gasteiger partial charge in [-0.15, -0.1) is 12.8 Å². The first-order valence-corrected chi connectivity index (χ1v) is 4.00. The van der Waals surface area contributed by atoms with E-state index in [4.69, 9.17) is 0 Å². The molecule has 0 unspecified atom stereocenters. The molecule has 0 nitrogen and oxygen atoms in total. The van der Waals surface area contributed by atoms with Crippen LogP contribution in [0.5, 0.6) is 0 Å². The molecule has 0 heterocycles. The summed E-state index contributed by atoms with van der Waals surface area (Å²) < 4.78 is 0. The van der Waals surface area contributed by atoms with Crippen molar-refractivity contribution in [3.8, 4) is 0 Å². The third-order valence-corrected chi connectivity index (χ3v) is 1.000. The maximum absolute atomic E-state index is 3.64. The van der Waals surface area contributed by atoms with E-state index in [1.165, 1.54) is 12.8 Å². The second-order valence-corrected chi connectivity index (χ2v) is 2.12. The number of hydrogen-bond donors (Lipinski definition) is 0. The molecule has 0 aromatic rings. The van der Waals surface area contributed by atoms with Crippen LogP contribution in [-0.4, -0.2) is 0 Å². The molecule has 0 aromatic heterocycles. The van der Waals surface area contributed by atoms with Crippen LogP contribution < -0.4 is 0 Å². The van der Waals surface area contributed by atoms with Crippen LogP contribution in [0.25, 0.3) is 0 Å². The zero-order valence-electron chi connectivity index (χ0n) is 8.49. The van der Waals surface area contributed by atoms with Crippen molar-refractivity contribution in [3.63, 3.8) is 0 Å². The molecule has 0 fully saturated rings. The van der Waals surface area contributed by atoms with Gasteiger partial charge in [-0.2, -0.15) is 25.7 Å². The van der Waals surface area contributed by atoms with Crippen molar-refractivity contribution in [2.45, 2.75) is 38.5 Å². The molecule has 0 bridgehead atoms. The standard InChI is InChI=1S/2C5H10.2Zn/c2*1-3-5-4-2;;/h2*1-5H2;;/q2*-2;2*+2. The second-order valence-electron chi connectivity index (χ2n) is 2.12. The van der Waals surface area contributed by atoms with Crippen molar-refractivity contribution in [2.75, 3.05) is 0 Å². The van der Waals surface area contributed by atoms with Gasteiger partial charge in [0.15, 0.2) is 0 Å². The predicted molar refractivity (Wildman–Crippen MR) is 49.1 cm³/mol.